The summed E-state index contributed by atoms with van der Waals surface area (Å²) in [5, 5.41) is 0.578. The van der Waals surface area contributed by atoms with Crippen molar-refractivity contribution < 1.29 is 9.59 Å². The van der Waals surface area contributed by atoms with Crippen molar-refractivity contribution >= 4 is 22.8 Å². The molecule has 3 aliphatic rings. The summed E-state index contributed by atoms with van der Waals surface area (Å²) in [5.74, 6) is 0.107. The van der Waals surface area contributed by atoms with Crippen molar-refractivity contribution in [1.29, 1.82) is 0 Å². The molecule has 7 heteroatoms. The Balaban J connectivity index is 1.63. The van der Waals surface area contributed by atoms with Crippen molar-refractivity contribution in [3.63, 3.8) is 0 Å². The van der Waals surface area contributed by atoms with E-state index in [-0.39, 0.29) is 29.3 Å². The number of benzene rings is 1. The fraction of sp³-hybridized carbons (Fsp3) is 0.450. The van der Waals surface area contributed by atoms with Gasteiger partial charge in [-0.1, -0.05) is 12.1 Å². The van der Waals surface area contributed by atoms with Gasteiger partial charge in [-0.05, 0) is 30.9 Å². The minimum absolute atomic E-state index is 0.0136. The van der Waals surface area contributed by atoms with E-state index in [9.17, 15) is 14.4 Å². The van der Waals surface area contributed by atoms with E-state index in [1.807, 2.05) is 21.9 Å². The molecule has 0 radical (unpaired) electrons. The van der Waals surface area contributed by atoms with E-state index in [4.69, 9.17) is 0 Å². The van der Waals surface area contributed by atoms with E-state index in [0.29, 0.717) is 36.2 Å². The summed E-state index contributed by atoms with van der Waals surface area (Å²) >= 11 is 0. The topological polar surface area (TPSA) is 76.7 Å². The number of pyridine rings is 1. The molecule has 0 saturated carbocycles. The molecule has 142 valence electrons. The molecule has 2 aromatic rings. The molecule has 0 unspecified atom stereocenters. The maximum Gasteiger partial charge on any atom is 0.319 e. The van der Waals surface area contributed by atoms with Gasteiger partial charge in [-0.15, -0.1) is 0 Å². The Morgan fingerprint density at radius 2 is 1.89 bits per heavy atom. The smallest absolute Gasteiger partial charge is 0.319 e. The highest BCUT2D eigenvalue weighted by Crippen LogP contribution is 2.29. The molecule has 27 heavy (non-hydrogen) atoms. The third-order valence-electron chi connectivity index (χ3n) is 5.60. The maximum absolute atomic E-state index is 13.2. The van der Waals surface area contributed by atoms with E-state index in [1.54, 1.807) is 31.1 Å². The zero-order chi connectivity index (χ0) is 19.1. The number of hydrogen-bond acceptors (Lipinski definition) is 3. The molecule has 3 fully saturated rings. The Hall–Kier alpha value is -2.83. The highest BCUT2D eigenvalue weighted by molar-refractivity contribution is 5.95. The molecule has 7 nitrogen and oxygen atoms in total. The summed E-state index contributed by atoms with van der Waals surface area (Å²) in [6.45, 7) is 1.83. The molecule has 1 aromatic heterocycles. The Morgan fingerprint density at radius 1 is 1.11 bits per heavy atom. The second kappa shape index (κ2) is 6.72. The number of carbonyl (C=O) groups is 2. The van der Waals surface area contributed by atoms with Gasteiger partial charge in [0.05, 0.1) is 0 Å². The summed E-state index contributed by atoms with van der Waals surface area (Å²) in [5.41, 5.74) is 0.826. The zero-order valence-electron chi connectivity index (χ0n) is 15.6. The summed E-state index contributed by atoms with van der Waals surface area (Å²) in [4.78, 5) is 46.4. The molecular formula is C20H24N4O3. The number of para-hydroxylation sites is 1. The fourth-order valence-corrected chi connectivity index (χ4v) is 4.24. The number of aromatic nitrogens is 1. The van der Waals surface area contributed by atoms with Gasteiger partial charge in [0.15, 0.2) is 5.43 Å². The van der Waals surface area contributed by atoms with E-state index in [1.165, 1.54) is 6.07 Å². The Bertz CT molecular complexity index is 952. The van der Waals surface area contributed by atoms with Gasteiger partial charge >= 0.3 is 6.03 Å². The molecule has 1 aromatic carbocycles. The maximum atomic E-state index is 13.2. The first-order chi connectivity index (χ1) is 12.9. The normalized spacial score (nSPS) is 22.0. The van der Waals surface area contributed by atoms with Gasteiger partial charge < -0.3 is 19.7 Å². The molecule has 3 aliphatic heterocycles. The summed E-state index contributed by atoms with van der Waals surface area (Å²) in [6.07, 6.45) is 1.89. The van der Waals surface area contributed by atoms with Crippen molar-refractivity contribution in [2.24, 2.45) is 5.92 Å². The SMILES string of the molecule is CN(C)C(=O)N1C[C@H]2CC[C@@H](C1)N(C(=O)c1cc(=O)c3ccccc3[nH]1)C2. The van der Waals surface area contributed by atoms with Crippen molar-refractivity contribution in [2.45, 2.75) is 18.9 Å². The van der Waals surface area contributed by atoms with Crippen LogP contribution in [-0.4, -0.2) is 71.4 Å². The van der Waals surface area contributed by atoms with Crippen molar-refractivity contribution in [3.05, 3.63) is 46.2 Å². The molecule has 3 saturated heterocycles. The predicted molar refractivity (Wildman–Crippen MR) is 103 cm³/mol. The molecule has 0 spiro atoms. The number of fused-ring (bicyclic) bond motifs is 5. The fourth-order valence-electron chi connectivity index (χ4n) is 4.24. The lowest BCUT2D eigenvalue weighted by Gasteiger charge is -2.36. The first-order valence-electron chi connectivity index (χ1n) is 9.33. The lowest BCUT2D eigenvalue weighted by atomic mass is 9.94. The number of nitrogens with one attached hydrogen (secondary N) is 1. The first kappa shape index (κ1) is 17.6. The molecule has 2 bridgehead atoms. The Morgan fingerprint density at radius 3 is 2.67 bits per heavy atom. The number of hydrogen-bond donors (Lipinski definition) is 1. The van der Waals surface area contributed by atoms with Gasteiger partial charge in [-0.25, -0.2) is 4.79 Å². The highest BCUT2D eigenvalue weighted by atomic mass is 16.2. The van der Waals surface area contributed by atoms with E-state index in [0.717, 1.165) is 12.8 Å². The molecule has 4 heterocycles. The average Bonchev–Trinajstić information content (AvgIpc) is 2.98. The van der Waals surface area contributed by atoms with E-state index in [2.05, 4.69) is 4.98 Å². The standard InChI is InChI=1S/C20H24N4O3/c1-22(2)20(27)23-10-13-7-8-14(12-23)24(11-13)19(26)17-9-18(25)15-5-3-4-6-16(15)21-17/h3-6,9,13-14H,7-8,10-12H2,1-2H3,(H,21,25)/t13-,14+/m1/s1. The van der Waals surface area contributed by atoms with Crippen LogP contribution in [-0.2, 0) is 0 Å². The summed E-state index contributed by atoms with van der Waals surface area (Å²) in [7, 11) is 3.50. The van der Waals surface area contributed by atoms with Gasteiger partial charge in [-0.2, -0.15) is 0 Å². The molecule has 2 atom stereocenters. The van der Waals surface area contributed by atoms with Crippen LogP contribution in [0.4, 0.5) is 4.79 Å². The number of piperidine rings is 1. The lowest BCUT2D eigenvalue weighted by molar-refractivity contribution is 0.0580. The number of amides is 3. The zero-order valence-corrected chi connectivity index (χ0v) is 15.6. The van der Waals surface area contributed by atoms with Crippen LogP contribution in [0, 0.1) is 5.92 Å². The average molecular weight is 368 g/mol. The Kier molecular flexibility index (Phi) is 4.37. The molecule has 0 aliphatic carbocycles. The number of urea groups is 1. The van der Waals surface area contributed by atoms with Gasteiger partial charge in [0.2, 0.25) is 0 Å². The molecular weight excluding hydrogens is 344 g/mol. The van der Waals surface area contributed by atoms with Crippen LogP contribution in [0.3, 0.4) is 0 Å². The van der Waals surface area contributed by atoms with Crippen LogP contribution in [0.25, 0.3) is 10.9 Å². The monoisotopic (exact) mass is 368 g/mol. The first-order valence-corrected chi connectivity index (χ1v) is 9.33. The lowest BCUT2D eigenvalue weighted by Crippen LogP contribution is -2.48. The minimum Gasteiger partial charge on any atom is -0.350 e. The van der Waals surface area contributed by atoms with Crippen LogP contribution < -0.4 is 5.43 Å². The van der Waals surface area contributed by atoms with Crippen LogP contribution in [0.5, 0.6) is 0 Å². The third kappa shape index (κ3) is 3.18. The van der Waals surface area contributed by atoms with E-state index < -0.39 is 0 Å². The van der Waals surface area contributed by atoms with Crippen molar-refractivity contribution in [3.8, 4) is 0 Å². The summed E-state index contributed by atoms with van der Waals surface area (Å²) in [6, 6.07) is 8.57. The van der Waals surface area contributed by atoms with E-state index >= 15 is 0 Å². The van der Waals surface area contributed by atoms with Crippen molar-refractivity contribution in [1.82, 2.24) is 19.7 Å². The largest absolute Gasteiger partial charge is 0.350 e. The summed E-state index contributed by atoms with van der Waals surface area (Å²) < 4.78 is 0. The second-order valence-corrected chi connectivity index (χ2v) is 7.73. The third-order valence-corrected chi connectivity index (χ3v) is 5.60. The van der Waals surface area contributed by atoms with Crippen molar-refractivity contribution in [2.75, 3.05) is 33.7 Å². The van der Waals surface area contributed by atoms with Crippen LogP contribution in [0.15, 0.2) is 35.1 Å². The van der Waals surface area contributed by atoms with Gasteiger partial charge in [0.25, 0.3) is 5.91 Å². The number of nitrogens with zero attached hydrogens (tertiary/aromatic N) is 3. The Labute approximate surface area is 157 Å². The van der Waals surface area contributed by atoms with Gasteiger partial charge in [-0.3, -0.25) is 9.59 Å². The van der Waals surface area contributed by atoms with Crippen LogP contribution in [0.1, 0.15) is 23.3 Å². The quantitative estimate of drug-likeness (QED) is 0.833. The number of aromatic amines is 1. The molecule has 1 N–H and O–H groups in total. The van der Waals surface area contributed by atoms with Gasteiger partial charge in [0.1, 0.15) is 5.69 Å². The van der Waals surface area contributed by atoms with Crippen LogP contribution >= 0.6 is 0 Å². The van der Waals surface area contributed by atoms with Gasteiger partial charge in [0, 0.05) is 56.7 Å². The minimum atomic E-state index is -0.160. The number of rotatable bonds is 1. The van der Waals surface area contributed by atoms with Crippen LogP contribution in [0.2, 0.25) is 0 Å². The molecule has 3 amide bonds. The highest BCUT2D eigenvalue weighted by Gasteiger charge is 2.39. The number of H-pyrrole nitrogens is 1. The predicted octanol–water partition coefficient (Wildman–Crippen LogP) is 1.75. The molecule has 5 rings (SSSR count). The number of carbonyl (C=O) groups excluding carboxylic acids is 2. The second-order valence-electron chi connectivity index (χ2n) is 7.73.